The molecule has 0 saturated carbocycles. The fourth-order valence-electron chi connectivity index (χ4n) is 9.48. The van der Waals surface area contributed by atoms with Crippen molar-refractivity contribution in [2.45, 2.75) is 0 Å². The van der Waals surface area contributed by atoms with Gasteiger partial charge in [-0.25, -0.2) is 0 Å². The van der Waals surface area contributed by atoms with E-state index >= 15 is 0 Å². The van der Waals surface area contributed by atoms with Crippen LogP contribution in [0.25, 0.3) is 97.0 Å². The molecule has 0 atom stereocenters. The quantitative estimate of drug-likeness (QED) is 0.145. The largest absolute Gasteiger partial charge is 0.311 e. The van der Waals surface area contributed by atoms with Crippen molar-refractivity contribution in [2.24, 2.45) is 0 Å². The van der Waals surface area contributed by atoms with Crippen molar-refractivity contribution in [3.63, 3.8) is 0 Å². The Kier molecular flexibility index (Phi) is 8.76. The van der Waals surface area contributed by atoms with Gasteiger partial charge in [0.2, 0.25) is 0 Å². The average Bonchev–Trinajstić information content (AvgIpc) is 3.75. The Hall–Kier alpha value is -7.78. The molecule has 62 heavy (non-hydrogen) atoms. The molecule has 0 saturated heterocycles. The summed E-state index contributed by atoms with van der Waals surface area (Å²) in [6, 6.07) is 86.5. The van der Waals surface area contributed by atoms with E-state index in [9.17, 15) is 0 Å². The Morgan fingerprint density at radius 3 is 1.34 bits per heavy atom. The molecule has 12 rings (SSSR count). The second-order valence-electron chi connectivity index (χ2n) is 16.0. The first-order chi connectivity index (χ1) is 30.7. The highest BCUT2D eigenvalue weighted by molar-refractivity contribution is 7.27. The van der Waals surface area contributed by atoms with Crippen molar-refractivity contribution in [2.75, 3.05) is 4.90 Å². The number of anilines is 3. The van der Waals surface area contributed by atoms with E-state index in [2.05, 4.69) is 241 Å². The standard InChI is InChI=1S/C60H39NS/c1-3-13-40(14-4-1)43-25-31-48(32-26-43)61(49-33-27-44(28-34-49)41-15-5-2-6-16-41)50-35-29-45(30-36-50)51-37-38-56-59(57(51)47-24-23-42-17-7-8-18-46(42)39-47)58-54-21-11-9-19-52(54)53-20-10-12-22-55(53)60(58)62-56/h1-39H. The maximum absolute atomic E-state index is 2.38. The van der Waals surface area contributed by atoms with E-state index in [-0.39, 0.29) is 0 Å². The third kappa shape index (κ3) is 6.15. The summed E-state index contributed by atoms with van der Waals surface area (Å²) in [7, 11) is 0. The van der Waals surface area contributed by atoms with Crippen LogP contribution in [0.5, 0.6) is 0 Å². The van der Waals surface area contributed by atoms with Gasteiger partial charge in [0.05, 0.1) is 0 Å². The smallest absolute Gasteiger partial charge is 0.0462 e. The summed E-state index contributed by atoms with van der Waals surface area (Å²) < 4.78 is 2.64. The molecule has 0 radical (unpaired) electrons. The molecular weight excluding hydrogens is 767 g/mol. The van der Waals surface area contributed by atoms with Crippen LogP contribution >= 0.6 is 11.3 Å². The SMILES string of the molecule is c1ccc(-c2ccc(N(c3ccc(-c4ccccc4)cc3)c3ccc(-c4ccc5sc6c7ccccc7c7ccccc7c6c5c4-c4ccc5ccccc5c4)cc3)cc2)cc1. The zero-order valence-corrected chi connectivity index (χ0v) is 34.7. The van der Waals surface area contributed by atoms with Crippen molar-refractivity contribution in [3.8, 4) is 44.5 Å². The highest BCUT2D eigenvalue weighted by Crippen LogP contribution is 2.50. The van der Waals surface area contributed by atoms with Gasteiger partial charge in [0.25, 0.3) is 0 Å². The highest BCUT2D eigenvalue weighted by Gasteiger charge is 2.21. The van der Waals surface area contributed by atoms with Gasteiger partial charge in [0, 0.05) is 42.6 Å². The molecule has 0 aliphatic heterocycles. The van der Waals surface area contributed by atoms with Gasteiger partial charge in [-0.3, -0.25) is 0 Å². The topological polar surface area (TPSA) is 3.24 Å². The van der Waals surface area contributed by atoms with E-state index in [1.54, 1.807) is 0 Å². The molecule has 1 aromatic heterocycles. The van der Waals surface area contributed by atoms with Crippen molar-refractivity contribution in [1.82, 2.24) is 0 Å². The lowest BCUT2D eigenvalue weighted by Crippen LogP contribution is -2.09. The summed E-state index contributed by atoms with van der Waals surface area (Å²) in [6.07, 6.45) is 0. The summed E-state index contributed by atoms with van der Waals surface area (Å²) in [5.74, 6) is 0. The fourth-order valence-corrected chi connectivity index (χ4v) is 10.7. The lowest BCUT2D eigenvalue weighted by molar-refractivity contribution is 1.28. The number of hydrogen-bond acceptors (Lipinski definition) is 2. The summed E-state index contributed by atoms with van der Waals surface area (Å²) in [6.45, 7) is 0. The maximum Gasteiger partial charge on any atom is 0.0462 e. The van der Waals surface area contributed by atoms with Crippen molar-refractivity contribution < 1.29 is 0 Å². The first-order valence-corrected chi connectivity index (χ1v) is 22.1. The minimum atomic E-state index is 1.10. The van der Waals surface area contributed by atoms with Crippen LogP contribution in [-0.2, 0) is 0 Å². The van der Waals surface area contributed by atoms with Crippen LogP contribution in [0.15, 0.2) is 237 Å². The number of thiophene rings is 1. The molecule has 11 aromatic carbocycles. The van der Waals surface area contributed by atoms with Crippen molar-refractivity contribution in [3.05, 3.63) is 237 Å². The van der Waals surface area contributed by atoms with Gasteiger partial charge in [0.1, 0.15) is 0 Å². The van der Waals surface area contributed by atoms with E-state index in [1.165, 1.54) is 97.0 Å². The number of nitrogens with zero attached hydrogens (tertiary/aromatic N) is 1. The van der Waals surface area contributed by atoms with Crippen LogP contribution in [0.2, 0.25) is 0 Å². The number of hydrogen-bond donors (Lipinski definition) is 0. The van der Waals surface area contributed by atoms with Gasteiger partial charge in [-0.15, -0.1) is 11.3 Å². The summed E-state index contributed by atoms with van der Waals surface area (Å²) in [4.78, 5) is 2.37. The molecule has 2 heteroatoms. The Morgan fingerprint density at radius 1 is 0.290 bits per heavy atom. The number of rotatable bonds is 7. The predicted octanol–water partition coefficient (Wildman–Crippen LogP) is 17.7. The van der Waals surface area contributed by atoms with Gasteiger partial charge in [0.15, 0.2) is 0 Å². The third-order valence-electron chi connectivity index (χ3n) is 12.5. The molecular formula is C60H39NS. The second-order valence-corrected chi connectivity index (χ2v) is 17.1. The van der Waals surface area contributed by atoms with E-state index < -0.39 is 0 Å². The summed E-state index contributed by atoms with van der Waals surface area (Å²) in [5, 5.41) is 10.4. The summed E-state index contributed by atoms with van der Waals surface area (Å²) >= 11 is 1.92. The Bertz CT molecular complexity index is 3510. The maximum atomic E-state index is 2.38. The molecule has 12 aromatic rings. The molecule has 0 aliphatic rings. The lowest BCUT2D eigenvalue weighted by Gasteiger charge is -2.26. The van der Waals surface area contributed by atoms with Crippen molar-refractivity contribution in [1.29, 1.82) is 0 Å². The predicted molar refractivity (Wildman–Crippen MR) is 268 cm³/mol. The molecule has 0 bridgehead atoms. The third-order valence-corrected chi connectivity index (χ3v) is 13.6. The minimum absolute atomic E-state index is 1.10. The zero-order chi connectivity index (χ0) is 41.0. The first-order valence-electron chi connectivity index (χ1n) is 21.2. The molecule has 0 N–H and O–H groups in total. The van der Waals surface area contributed by atoms with E-state index in [0.717, 1.165) is 17.1 Å². The molecule has 0 amide bonds. The van der Waals surface area contributed by atoms with Gasteiger partial charge in [-0.2, -0.15) is 0 Å². The molecule has 0 unspecified atom stereocenters. The molecule has 1 nitrogen and oxygen atoms in total. The monoisotopic (exact) mass is 805 g/mol. The van der Waals surface area contributed by atoms with Gasteiger partial charge < -0.3 is 4.90 Å². The molecule has 1 heterocycles. The molecule has 0 aliphatic carbocycles. The van der Waals surface area contributed by atoms with Crippen LogP contribution in [0.4, 0.5) is 17.1 Å². The second kappa shape index (κ2) is 15.0. The highest BCUT2D eigenvalue weighted by atomic mass is 32.1. The van der Waals surface area contributed by atoms with Gasteiger partial charge in [-0.1, -0.05) is 188 Å². The lowest BCUT2D eigenvalue weighted by atomic mass is 9.88. The van der Waals surface area contributed by atoms with Gasteiger partial charge >= 0.3 is 0 Å². The van der Waals surface area contributed by atoms with Crippen LogP contribution in [0.1, 0.15) is 0 Å². The average molecular weight is 806 g/mol. The van der Waals surface area contributed by atoms with E-state index in [0.29, 0.717) is 0 Å². The Labute approximate surface area is 365 Å². The van der Waals surface area contributed by atoms with E-state index in [1.807, 2.05) is 11.3 Å². The van der Waals surface area contributed by atoms with E-state index in [4.69, 9.17) is 0 Å². The Morgan fingerprint density at radius 2 is 0.742 bits per heavy atom. The zero-order valence-electron chi connectivity index (χ0n) is 33.9. The molecule has 290 valence electrons. The molecule has 0 fully saturated rings. The van der Waals surface area contributed by atoms with Crippen molar-refractivity contribution >= 4 is 80.9 Å². The fraction of sp³-hybridized carbons (Fsp3) is 0. The summed E-state index contributed by atoms with van der Waals surface area (Å²) in [5.41, 5.74) is 13.0. The number of benzene rings is 11. The van der Waals surface area contributed by atoms with Gasteiger partial charge in [-0.05, 0) is 120 Å². The normalized spacial score (nSPS) is 11.5. The number of fused-ring (bicyclic) bond motifs is 9. The van der Waals surface area contributed by atoms with Crippen LogP contribution < -0.4 is 4.90 Å². The minimum Gasteiger partial charge on any atom is -0.311 e. The Balaban J connectivity index is 1.04. The van der Waals surface area contributed by atoms with Crippen LogP contribution in [0, 0.1) is 0 Å². The first kappa shape index (κ1) is 36.1. The van der Waals surface area contributed by atoms with Crippen LogP contribution in [0.3, 0.4) is 0 Å². The molecule has 0 spiro atoms. The van der Waals surface area contributed by atoms with Crippen LogP contribution in [-0.4, -0.2) is 0 Å².